The summed E-state index contributed by atoms with van der Waals surface area (Å²) in [4.78, 5) is 20.8. The fourth-order valence-corrected chi connectivity index (χ4v) is 3.19. The average Bonchev–Trinajstić information content (AvgIpc) is 3.26. The highest BCUT2D eigenvalue weighted by Gasteiger charge is 2.09. The SMILES string of the molecule is Nc1cc(NCCNC(=O)c2ccccc2)c2ccc(C3=CC=NC3)cc2n1. The van der Waals surface area contributed by atoms with E-state index < -0.39 is 0 Å². The van der Waals surface area contributed by atoms with Gasteiger partial charge >= 0.3 is 0 Å². The van der Waals surface area contributed by atoms with Crippen molar-refractivity contribution in [2.45, 2.75) is 0 Å². The Morgan fingerprint density at radius 1 is 1.07 bits per heavy atom. The van der Waals surface area contributed by atoms with Crippen molar-refractivity contribution < 1.29 is 4.79 Å². The van der Waals surface area contributed by atoms with Crippen LogP contribution in [0.25, 0.3) is 16.5 Å². The molecule has 2 aromatic carbocycles. The second-order valence-electron chi connectivity index (χ2n) is 6.56. The van der Waals surface area contributed by atoms with E-state index in [-0.39, 0.29) is 5.91 Å². The molecule has 0 radical (unpaired) electrons. The number of anilines is 2. The van der Waals surface area contributed by atoms with E-state index in [1.807, 2.05) is 48.7 Å². The van der Waals surface area contributed by atoms with E-state index in [2.05, 4.69) is 26.7 Å². The molecule has 1 aromatic heterocycles. The first-order valence-electron chi connectivity index (χ1n) is 9.17. The lowest BCUT2D eigenvalue weighted by atomic mass is 10.0. The maximum absolute atomic E-state index is 12.1. The van der Waals surface area contributed by atoms with E-state index in [4.69, 9.17) is 5.73 Å². The van der Waals surface area contributed by atoms with Crippen LogP contribution in [0.5, 0.6) is 0 Å². The molecular weight excluding hydrogens is 350 g/mol. The number of aromatic nitrogens is 1. The predicted octanol–water partition coefficient (Wildman–Crippen LogP) is 3.13. The first-order valence-corrected chi connectivity index (χ1v) is 9.17. The maximum atomic E-state index is 12.1. The molecule has 3 aromatic rings. The summed E-state index contributed by atoms with van der Waals surface area (Å²) in [6, 6.07) is 17.1. The van der Waals surface area contributed by atoms with Gasteiger partial charge in [0.2, 0.25) is 0 Å². The zero-order valence-corrected chi connectivity index (χ0v) is 15.4. The quantitative estimate of drug-likeness (QED) is 0.581. The fraction of sp³-hybridized carbons (Fsp3) is 0.136. The van der Waals surface area contributed by atoms with Gasteiger partial charge in [-0.25, -0.2) is 4.98 Å². The Hall–Kier alpha value is -3.67. The summed E-state index contributed by atoms with van der Waals surface area (Å²) in [7, 11) is 0. The smallest absolute Gasteiger partial charge is 0.251 e. The number of nitrogens with two attached hydrogens (primary N) is 1. The molecule has 6 heteroatoms. The highest BCUT2D eigenvalue weighted by Crippen LogP contribution is 2.28. The standard InChI is InChI=1S/C22H21N5O/c23-21-13-19(25-10-11-26-22(28)15-4-2-1-3-5-15)18-7-6-16(12-20(18)27-21)17-8-9-24-14-17/h1-9,12-13H,10-11,14H2,(H,26,28)(H3,23,25,27). The van der Waals surface area contributed by atoms with E-state index in [9.17, 15) is 4.79 Å². The number of hydrogen-bond donors (Lipinski definition) is 3. The molecule has 4 N–H and O–H groups in total. The van der Waals surface area contributed by atoms with Crippen LogP contribution in [0, 0.1) is 0 Å². The molecule has 0 fully saturated rings. The zero-order chi connectivity index (χ0) is 19.3. The van der Waals surface area contributed by atoms with Crippen molar-refractivity contribution in [1.82, 2.24) is 10.3 Å². The van der Waals surface area contributed by atoms with Crippen molar-refractivity contribution in [1.29, 1.82) is 0 Å². The summed E-state index contributed by atoms with van der Waals surface area (Å²) in [5, 5.41) is 7.25. The number of carbonyl (C=O) groups is 1. The second kappa shape index (κ2) is 7.92. The Bertz CT molecular complexity index is 1070. The zero-order valence-electron chi connectivity index (χ0n) is 15.4. The van der Waals surface area contributed by atoms with Crippen LogP contribution in [0.4, 0.5) is 11.5 Å². The molecule has 0 spiro atoms. The molecule has 0 saturated heterocycles. The van der Waals surface area contributed by atoms with Crippen LogP contribution >= 0.6 is 0 Å². The topological polar surface area (TPSA) is 92.4 Å². The number of aliphatic imine (C=N–C) groups is 1. The molecule has 1 amide bonds. The van der Waals surface area contributed by atoms with Gasteiger partial charge in [-0.05, 0) is 35.4 Å². The number of hydrogen-bond acceptors (Lipinski definition) is 5. The molecule has 0 saturated carbocycles. The summed E-state index contributed by atoms with van der Waals surface area (Å²) in [5.41, 5.74) is 10.7. The van der Waals surface area contributed by atoms with E-state index in [1.54, 1.807) is 12.1 Å². The number of benzene rings is 2. The van der Waals surface area contributed by atoms with Crippen LogP contribution < -0.4 is 16.4 Å². The first kappa shape index (κ1) is 17.7. The third kappa shape index (κ3) is 3.86. The lowest BCUT2D eigenvalue weighted by Crippen LogP contribution is -2.28. The fourth-order valence-electron chi connectivity index (χ4n) is 3.19. The highest BCUT2D eigenvalue weighted by molar-refractivity contribution is 5.97. The molecule has 28 heavy (non-hydrogen) atoms. The van der Waals surface area contributed by atoms with Crippen molar-refractivity contribution in [2.24, 2.45) is 4.99 Å². The first-order chi connectivity index (χ1) is 13.7. The molecule has 1 aliphatic rings. The number of pyridine rings is 1. The van der Waals surface area contributed by atoms with E-state index >= 15 is 0 Å². The van der Waals surface area contributed by atoms with E-state index in [0.29, 0.717) is 31.0 Å². The number of nitrogens with zero attached hydrogens (tertiary/aromatic N) is 2. The van der Waals surface area contributed by atoms with Gasteiger partial charge < -0.3 is 16.4 Å². The Kier molecular flexibility index (Phi) is 5.01. The van der Waals surface area contributed by atoms with E-state index in [1.165, 1.54) is 5.57 Å². The number of allylic oxidation sites excluding steroid dienone is 1. The van der Waals surface area contributed by atoms with Gasteiger partial charge in [0.25, 0.3) is 5.91 Å². The molecule has 0 aliphatic carbocycles. The van der Waals surface area contributed by atoms with Crippen LogP contribution in [0.2, 0.25) is 0 Å². The van der Waals surface area contributed by atoms with Crippen molar-refractivity contribution in [3.8, 4) is 0 Å². The normalized spacial score (nSPS) is 12.8. The Morgan fingerprint density at radius 3 is 2.71 bits per heavy atom. The van der Waals surface area contributed by atoms with Crippen molar-refractivity contribution in [3.63, 3.8) is 0 Å². The van der Waals surface area contributed by atoms with Crippen LogP contribution in [0.15, 0.2) is 65.7 Å². The maximum Gasteiger partial charge on any atom is 0.251 e. The average molecular weight is 371 g/mol. The summed E-state index contributed by atoms with van der Waals surface area (Å²) in [5.74, 6) is 0.371. The van der Waals surface area contributed by atoms with Crippen molar-refractivity contribution in [3.05, 3.63) is 71.8 Å². The molecular formula is C22H21N5O. The summed E-state index contributed by atoms with van der Waals surface area (Å²) >= 11 is 0. The predicted molar refractivity (Wildman–Crippen MR) is 115 cm³/mol. The van der Waals surface area contributed by atoms with Gasteiger partial charge in [0.1, 0.15) is 5.82 Å². The Labute approximate surface area is 163 Å². The van der Waals surface area contributed by atoms with Gasteiger partial charge in [-0.3, -0.25) is 9.79 Å². The van der Waals surface area contributed by atoms with Crippen LogP contribution in [-0.2, 0) is 0 Å². The molecule has 0 bridgehead atoms. The molecule has 0 atom stereocenters. The molecule has 0 unspecified atom stereocenters. The minimum Gasteiger partial charge on any atom is -0.384 e. The molecule has 4 rings (SSSR count). The third-order valence-electron chi connectivity index (χ3n) is 4.61. The number of fused-ring (bicyclic) bond motifs is 1. The number of nitrogens with one attached hydrogen (secondary N) is 2. The van der Waals surface area contributed by atoms with Gasteiger partial charge in [-0.1, -0.05) is 30.3 Å². The summed E-state index contributed by atoms with van der Waals surface area (Å²) < 4.78 is 0. The second-order valence-corrected chi connectivity index (χ2v) is 6.56. The summed E-state index contributed by atoms with van der Waals surface area (Å²) in [6.07, 6.45) is 3.84. The largest absolute Gasteiger partial charge is 0.384 e. The minimum absolute atomic E-state index is 0.0850. The van der Waals surface area contributed by atoms with Gasteiger partial charge in [0, 0.05) is 42.0 Å². The van der Waals surface area contributed by atoms with Crippen LogP contribution in [0.1, 0.15) is 15.9 Å². The van der Waals surface area contributed by atoms with Gasteiger partial charge in [-0.15, -0.1) is 0 Å². The Morgan fingerprint density at radius 2 is 1.93 bits per heavy atom. The Balaban J connectivity index is 1.44. The van der Waals surface area contributed by atoms with Crippen molar-refractivity contribution >= 4 is 40.1 Å². The minimum atomic E-state index is -0.0850. The highest BCUT2D eigenvalue weighted by atomic mass is 16.1. The number of carbonyl (C=O) groups excluding carboxylic acids is 1. The molecule has 140 valence electrons. The number of nitrogen functional groups attached to an aromatic ring is 1. The van der Waals surface area contributed by atoms with Crippen LogP contribution in [-0.4, -0.2) is 36.7 Å². The molecule has 1 aliphatic heterocycles. The van der Waals surface area contributed by atoms with Crippen molar-refractivity contribution in [2.75, 3.05) is 30.7 Å². The lowest BCUT2D eigenvalue weighted by Gasteiger charge is -2.12. The number of amides is 1. The molecule has 2 heterocycles. The third-order valence-corrected chi connectivity index (χ3v) is 4.61. The number of rotatable bonds is 6. The van der Waals surface area contributed by atoms with Gasteiger partial charge in [-0.2, -0.15) is 0 Å². The van der Waals surface area contributed by atoms with E-state index in [0.717, 1.165) is 22.2 Å². The monoisotopic (exact) mass is 371 g/mol. The molecule has 6 nitrogen and oxygen atoms in total. The lowest BCUT2D eigenvalue weighted by molar-refractivity contribution is 0.0955. The van der Waals surface area contributed by atoms with Gasteiger partial charge in [0.15, 0.2) is 0 Å². The summed E-state index contributed by atoms with van der Waals surface area (Å²) in [6.45, 7) is 1.78. The van der Waals surface area contributed by atoms with Crippen LogP contribution in [0.3, 0.4) is 0 Å². The van der Waals surface area contributed by atoms with Gasteiger partial charge in [0.05, 0.1) is 12.1 Å².